The quantitative estimate of drug-likeness (QED) is 0.734. The lowest BCUT2D eigenvalue weighted by atomic mass is 9.97. The van der Waals surface area contributed by atoms with E-state index in [1.54, 1.807) is 31.2 Å². The number of hydrogen-bond donors (Lipinski definition) is 2. The van der Waals surface area contributed by atoms with Crippen molar-refractivity contribution in [3.63, 3.8) is 0 Å². The molecule has 1 atom stereocenters. The van der Waals surface area contributed by atoms with Crippen LogP contribution in [0.3, 0.4) is 0 Å². The standard InChI is InChI=1S/C9H12ClNO/c1-9(12,6-11)7-3-2-4-8(10)5-7/h2-5,12H,6,11H2,1H3/t9-/m1/s1. The molecule has 3 heteroatoms. The van der Waals surface area contributed by atoms with Gasteiger partial charge in [0.2, 0.25) is 0 Å². The van der Waals surface area contributed by atoms with E-state index >= 15 is 0 Å². The zero-order valence-electron chi connectivity index (χ0n) is 6.92. The first-order valence-corrected chi connectivity index (χ1v) is 4.12. The van der Waals surface area contributed by atoms with Gasteiger partial charge in [0.1, 0.15) is 0 Å². The maximum Gasteiger partial charge on any atom is 0.0990 e. The van der Waals surface area contributed by atoms with E-state index in [-0.39, 0.29) is 6.54 Å². The van der Waals surface area contributed by atoms with Crippen LogP contribution in [0, 0.1) is 0 Å². The van der Waals surface area contributed by atoms with E-state index in [1.807, 2.05) is 0 Å². The molecule has 0 saturated carbocycles. The number of aliphatic hydroxyl groups is 1. The molecule has 0 aromatic heterocycles. The Bertz CT molecular complexity index is 273. The molecule has 0 radical (unpaired) electrons. The highest BCUT2D eigenvalue weighted by molar-refractivity contribution is 6.30. The Labute approximate surface area is 77.0 Å². The van der Waals surface area contributed by atoms with E-state index in [9.17, 15) is 5.11 Å². The fourth-order valence-electron chi connectivity index (χ4n) is 0.941. The molecule has 0 aliphatic carbocycles. The third-order valence-corrected chi connectivity index (χ3v) is 2.08. The van der Waals surface area contributed by atoms with Gasteiger partial charge >= 0.3 is 0 Å². The van der Waals surface area contributed by atoms with Gasteiger partial charge in [-0.15, -0.1) is 0 Å². The number of benzene rings is 1. The Morgan fingerprint density at radius 2 is 2.25 bits per heavy atom. The fourth-order valence-corrected chi connectivity index (χ4v) is 1.13. The molecule has 0 saturated heterocycles. The summed E-state index contributed by atoms with van der Waals surface area (Å²) < 4.78 is 0. The van der Waals surface area contributed by atoms with Crippen LogP contribution in [-0.2, 0) is 5.60 Å². The predicted octanol–water partition coefficient (Wildman–Crippen LogP) is 1.51. The molecule has 0 fully saturated rings. The highest BCUT2D eigenvalue weighted by Crippen LogP contribution is 2.21. The van der Waals surface area contributed by atoms with Crippen molar-refractivity contribution in [2.45, 2.75) is 12.5 Å². The topological polar surface area (TPSA) is 46.2 Å². The molecule has 0 amide bonds. The van der Waals surface area contributed by atoms with Gasteiger partial charge in [-0.3, -0.25) is 0 Å². The average Bonchev–Trinajstić information content (AvgIpc) is 2.05. The molecule has 0 heterocycles. The van der Waals surface area contributed by atoms with Crippen LogP contribution < -0.4 is 5.73 Å². The predicted molar refractivity (Wildman–Crippen MR) is 50.1 cm³/mol. The Kier molecular flexibility index (Phi) is 2.73. The van der Waals surface area contributed by atoms with Crippen molar-refractivity contribution in [3.05, 3.63) is 34.9 Å². The van der Waals surface area contributed by atoms with Crippen molar-refractivity contribution < 1.29 is 5.11 Å². The van der Waals surface area contributed by atoms with Crippen LogP contribution in [0.25, 0.3) is 0 Å². The Hall–Kier alpha value is -0.570. The first-order chi connectivity index (χ1) is 5.56. The van der Waals surface area contributed by atoms with Gasteiger partial charge in [0.15, 0.2) is 0 Å². The van der Waals surface area contributed by atoms with Gasteiger partial charge in [0.05, 0.1) is 5.60 Å². The van der Waals surface area contributed by atoms with E-state index in [0.29, 0.717) is 5.02 Å². The fraction of sp³-hybridized carbons (Fsp3) is 0.333. The van der Waals surface area contributed by atoms with Crippen molar-refractivity contribution in [1.82, 2.24) is 0 Å². The van der Waals surface area contributed by atoms with Crippen molar-refractivity contribution in [1.29, 1.82) is 0 Å². The minimum atomic E-state index is -0.981. The molecule has 0 aliphatic rings. The third-order valence-electron chi connectivity index (χ3n) is 1.84. The van der Waals surface area contributed by atoms with Crippen LogP contribution in [0.4, 0.5) is 0 Å². The van der Waals surface area contributed by atoms with Gasteiger partial charge in [-0.25, -0.2) is 0 Å². The number of nitrogens with two attached hydrogens (primary N) is 1. The Morgan fingerprint density at radius 3 is 2.75 bits per heavy atom. The highest BCUT2D eigenvalue weighted by Gasteiger charge is 2.20. The van der Waals surface area contributed by atoms with Gasteiger partial charge in [-0.05, 0) is 24.6 Å². The van der Waals surface area contributed by atoms with E-state index in [4.69, 9.17) is 17.3 Å². The molecule has 1 aromatic rings. The minimum Gasteiger partial charge on any atom is -0.384 e. The highest BCUT2D eigenvalue weighted by atomic mass is 35.5. The van der Waals surface area contributed by atoms with Gasteiger partial charge in [-0.1, -0.05) is 23.7 Å². The summed E-state index contributed by atoms with van der Waals surface area (Å²) in [6.07, 6.45) is 0. The summed E-state index contributed by atoms with van der Waals surface area (Å²) >= 11 is 5.76. The van der Waals surface area contributed by atoms with Gasteiger partial charge < -0.3 is 10.8 Å². The molecule has 3 N–H and O–H groups in total. The van der Waals surface area contributed by atoms with Crippen LogP contribution >= 0.6 is 11.6 Å². The second-order valence-corrected chi connectivity index (χ2v) is 3.42. The molecule has 0 aliphatic heterocycles. The van der Waals surface area contributed by atoms with E-state index in [2.05, 4.69) is 0 Å². The maximum atomic E-state index is 9.74. The lowest BCUT2D eigenvalue weighted by Crippen LogP contribution is -2.31. The lowest BCUT2D eigenvalue weighted by molar-refractivity contribution is 0.0668. The molecule has 2 nitrogen and oxygen atoms in total. The zero-order valence-corrected chi connectivity index (χ0v) is 7.67. The molecular weight excluding hydrogens is 174 g/mol. The molecule has 1 aromatic carbocycles. The molecule has 0 spiro atoms. The van der Waals surface area contributed by atoms with Crippen LogP contribution in [0.5, 0.6) is 0 Å². The van der Waals surface area contributed by atoms with Crippen molar-refractivity contribution in [2.75, 3.05) is 6.54 Å². The van der Waals surface area contributed by atoms with Crippen molar-refractivity contribution in [2.24, 2.45) is 5.73 Å². The van der Waals surface area contributed by atoms with E-state index in [0.717, 1.165) is 5.56 Å². The molecular formula is C9H12ClNO. The van der Waals surface area contributed by atoms with Crippen LogP contribution in [0.2, 0.25) is 5.02 Å². The average molecular weight is 186 g/mol. The summed E-state index contributed by atoms with van der Waals surface area (Å²) in [5.74, 6) is 0. The summed E-state index contributed by atoms with van der Waals surface area (Å²) in [6, 6.07) is 7.08. The van der Waals surface area contributed by atoms with Crippen molar-refractivity contribution in [3.8, 4) is 0 Å². The van der Waals surface area contributed by atoms with Crippen LogP contribution in [0.15, 0.2) is 24.3 Å². The summed E-state index contributed by atoms with van der Waals surface area (Å²) in [6.45, 7) is 1.85. The zero-order chi connectivity index (χ0) is 9.19. The summed E-state index contributed by atoms with van der Waals surface area (Å²) in [5.41, 5.74) is 5.16. The number of rotatable bonds is 2. The smallest absolute Gasteiger partial charge is 0.0990 e. The number of halogens is 1. The largest absolute Gasteiger partial charge is 0.384 e. The SMILES string of the molecule is C[C@@](O)(CN)c1cccc(Cl)c1. The lowest BCUT2D eigenvalue weighted by Gasteiger charge is -2.21. The minimum absolute atomic E-state index is 0.188. The van der Waals surface area contributed by atoms with Crippen molar-refractivity contribution >= 4 is 11.6 Å². The van der Waals surface area contributed by atoms with E-state index < -0.39 is 5.60 Å². The van der Waals surface area contributed by atoms with Gasteiger partial charge in [0, 0.05) is 11.6 Å². The van der Waals surface area contributed by atoms with Gasteiger partial charge in [0.25, 0.3) is 0 Å². The molecule has 66 valence electrons. The Morgan fingerprint density at radius 1 is 1.58 bits per heavy atom. The molecule has 12 heavy (non-hydrogen) atoms. The number of hydrogen-bond acceptors (Lipinski definition) is 2. The second-order valence-electron chi connectivity index (χ2n) is 2.99. The summed E-state index contributed by atoms with van der Waals surface area (Å²) in [4.78, 5) is 0. The third kappa shape index (κ3) is 1.97. The normalized spacial score (nSPS) is 15.7. The van der Waals surface area contributed by atoms with Crippen LogP contribution in [-0.4, -0.2) is 11.7 Å². The van der Waals surface area contributed by atoms with Gasteiger partial charge in [-0.2, -0.15) is 0 Å². The maximum absolute atomic E-state index is 9.74. The van der Waals surface area contributed by atoms with Crippen LogP contribution in [0.1, 0.15) is 12.5 Å². The summed E-state index contributed by atoms with van der Waals surface area (Å²) in [7, 11) is 0. The molecule has 1 rings (SSSR count). The first-order valence-electron chi connectivity index (χ1n) is 3.75. The first kappa shape index (κ1) is 9.52. The Balaban J connectivity index is 3.03. The second kappa shape index (κ2) is 3.44. The monoisotopic (exact) mass is 185 g/mol. The molecule has 0 unspecified atom stereocenters. The van der Waals surface area contributed by atoms with E-state index in [1.165, 1.54) is 0 Å². The summed E-state index contributed by atoms with van der Waals surface area (Å²) in [5, 5.41) is 10.3. The molecule has 0 bridgehead atoms.